The molecule has 1 N–H and O–H groups in total. The van der Waals surface area contributed by atoms with E-state index < -0.39 is 9.84 Å². The lowest BCUT2D eigenvalue weighted by molar-refractivity contribution is 0.605. The molecule has 68 valence electrons. The van der Waals surface area contributed by atoms with Crippen LogP contribution in [-0.4, -0.2) is 8.42 Å². The molecule has 1 heterocycles. The molecule has 0 aromatic heterocycles. The van der Waals surface area contributed by atoms with Crippen molar-refractivity contribution in [1.82, 2.24) is 5.32 Å². The smallest absolute Gasteiger partial charge is 0.199 e. The van der Waals surface area contributed by atoms with Gasteiger partial charge in [-0.2, -0.15) is 0 Å². The molecule has 0 spiro atoms. The first-order valence-corrected chi connectivity index (χ1v) is 5.50. The lowest BCUT2D eigenvalue weighted by atomic mass is 10.3. The van der Waals surface area contributed by atoms with Gasteiger partial charge in [-0.25, -0.2) is 8.42 Å². The van der Waals surface area contributed by atoms with Gasteiger partial charge >= 0.3 is 0 Å². The number of rotatable bonds is 2. The van der Waals surface area contributed by atoms with Gasteiger partial charge in [-0.1, -0.05) is 13.3 Å². The number of allylic oxidation sites excluding steroid dienone is 2. The fourth-order valence-corrected chi connectivity index (χ4v) is 2.57. The molecular formula is C8H13NO2S. The molecule has 1 aliphatic heterocycles. The highest BCUT2D eigenvalue weighted by Crippen LogP contribution is 2.21. The SMILES string of the molecule is CCCC1=C(C)NC=CS1(=O)=O. The predicted molar refractivity (Wildman–Crippen MR) is 48.8 cm³/mol. The van der Waals surface area contributed by atoms with E-state index in [1.165, 1.54) is 11.6 Å². The fourth-order valence-electron chi connectivity index (χ4n) is 1.18. The predicted octanol–water partition coefficient (Wildman–Crippen LogP) is 1.51. The highest BCUT2D eigenvalue weighted by molar-refractivity contribution is 7.98. The summed E-state index contributed by atoms with van der Waals surface area (Å²) in [6.45, 7) is 3.75. The highest BCUT2D eigenvalue weighted by atomic mass is 32.2. The van der Waals surface area contributed by atoms with E-state index >= 15 is 0 Å². The third-order valence-corrected chi connectivity index (χ3v) is 3.48. The average molecular weight is 187 g/mol. The standard InChI is InChI=1S/C8H13NO2S/c1-3-4-8-7(2)9-5-6-12(8,10)11/h5-6,9H,3-4H2,1-2H3. The van der Waals surface area contributed by atoms with Crippen LogP contribution in [0.3, 0.4) is 0 Å². The first-order chi connectivity index (χ1) is 5.58. The summed E-state index contributed by atoms with van der Waals surface area (Å²) in [5.74, 6) is 0. The minimum absolute atomic E-state index is 0.521. The fraction of sp³-hybridized carbons (Fsp3) is 0.500. The molecule has 1 aliphatic rings. The van der Waals surface area contributed by atoms with Crippen LogP contribution in [0.2, 0.25) is 0 Å². The lowest BCUT2D eigenvalue weighted by Crippen LogP contribution is -2.16. The Hall–Kier alpha value is -0.770. The average Bonchev–Trinajstić information content (AvgIpc) is 1.97. The van der Waals surface area contributed by atoms with Crippen LogP contribution in [0.4, 0.5) is 0 Å². The molecule has 1 rings (SSSR count). The first kappa shape index (κ1) is 9.32. The molecule has 0 aromatic rings. The first-order valence-electron chi connectivity index (χ1n) is 3.96. The summed E-state index contributed by atoms with van der Waals surface area (Å²) >= 11 is 0. The largest absolute Gasteiger partial charge is 0.364 e. The second kappa shape index (κ2) is 3.31. The van der Waals surface area contributed by atoms with Crippen molar-refractivity contribution in [3.63, 3.8) is 0 Å². The molecule has 0 fully saturated rings. The maximum absolute atomic E-state index is 11.4. The molecule has 0 atom stereocenters. The van der Waals surface area contributed by atoms with E-state index in [0.717, 1.165) is 12.1 Å². The topological polar surface area (TPSA) is 46.2 Å². The van der Waals surface area contributed by atoms with Gasteiger partial charge in [-0.05, 0) is 13.3 Å². The molecular weight excluding hydrogens is 174 g/mol. The molecule has 0 aliphatic carbocycles. The Morgan fingerprint density at radius 2 is 2.17 bits per heavy atom. The highest BCUT2D eigenvalue weighted by Gasteiger charge is 2.19. The number of hydrogen-bond acceptors (Lipinski definition) is 3. The van der Waals surface area contributed by atoms with E-state index in [4.69, 9.17) is 0 Å². The molecule has 0 saturated heterocycles. The zero-order valence-electron chi connectivity index (χ0n) is 7.29. The van der Waals surface area contributed by atoms with Crippen molar-refractivity contribution in [3.8, 4) is 0 Å². The number of nitrogens with one attached hydrogen (secondary N) is 1. The zero-order chi connectivity index (χ0) is 9.19. The Morgan fingerprint density at radius 3 is 2.67 bits per heavy atom. The maximum Gasteiger partial charge on any atom is 0.199 e. The van der Waals surface area contributed by atoms with Gasteiger partial charge in [0.15, 0.2) is 9.84 Å². The van der Waals surface area contributed by atoms with E-state index in [2.05, 4.69) is 5.32 Å². The quantitative estimate of drug-likeness (QED) is 0.712. The van der Waals surface area contributed by atoms with Crippen molar-refractivity contribution in [2.75, 3.05) is 0 Å². The van der Waals surface area contributed by atoms with E-state index in [0.29, 0.717) is 11.3 Å². The molecule has 0 bridgehead atoms. The molecule has 12 heavy (non-hydrogen) atoms. The van der Waals surface area contributed by atoms with Crippen molar-refractivity contribution in [3.05, 3.63) is 22.2 Å². The Balaban J connectivity index is 3.05. The summed E-state index contributed by atoms with van der Waals surface area (Å²) in [5, 5.41) is 4.11. The van der Waals surface area contributed by atoms with E-state index in [-0.39, 0.29) is 0 Å². The molecule has 0 amide bonds. The summed E-state index contributed by atoms with van der Waals surface area (Å²) in [6.07, 6.45) is 2.93. The van der Waals surface area contributed by atoms with Crippen molar-refractivity contribution in [1.29, 1.82) is 0 Å². The molecule has 0 saturated carbocycles. The van der Waals surface area contributed by atoms with Crippen LogP contribution in [0.15, 0.2) is 22.2 Å². The third-order valence-electron chi connectivity index (χ3n) is 1.79. The normalized spacial score (nSPS) is 20.8. The van der Waals surface area contributed by atoms with Gasteiger partial charge < -0.3 is 5.32 Å². The van der Waals surface area contributed by atoms with Gasteiger partial charge in [0.1, 0.15) is 0 Å². The number of sulfone groups is 1. The van der Waals surface area contributed by atoms with Gasteiger partial charge in [0, 0.05) is 11.9 Å². The van der Waals surface area contributed by atoms with E-state index in [1.54, 1.807) is 6.92 Å². The van der Waals surface area contributed by atoms with Crippen molar-refractivity contribution >= 4 is 9.84 Å². The van der Waals surface area contributed by atoms with Crippen molar-refractivity contribution < 1.29 is 8.42 Å². The Kier molecular flexibility index (Phi) is 2.57. The van der Waals surface area contributed by atoms with Crippen molar-refractivity contribution in [2.24, 2.45) is 0 Å². The Morgan fingerprint density at radius 1 is 1.50 bits per heavy atom. The monoisotopic (exact) mass is 187 g/mol. The van der Waals surface area contributed by atoms with Crippen LogP contribution in [0, 0.1) is 0 Å². The van der Waals surface area contributed by atoms with E-state index in [9.17, 15) is 8.42 Å². The van der Waals surface area contributed by atoms with Crippen molar-refractivity contribution in [2.45, 2.75) is 26.7 Å². The maximum atomic E-state index is 11.4. The zero-order valence-corrected chi connectivity index (χ0v) is 8.11. The lowest BCUT2D eigenvalue weighted by Gasteiger charge is -2.13. The van der Waals surface area contributed by atoms with Gasteiger partial charge in [0.25, 0.3) is 0 Å². The molecule has 0 radical (unpaired) electrons. The minimum atomic E-state index is -3.10. The Bertz CT molecular complexity index is 325. The van der Waals surface area contributed by atoms with Gasteiger partial charge in [0.05, 0.1) is 10.3 Å². The molecule has 4 heteroatoms. The van der Waals surface area contributed by atoms with Crippen LogP contribution in [0.25, 0.3) is 0 Å². The van der Waals surface area contributed by atoms with Crippen LogP contribution in [-0.2, 0) is 9.84 Å². The molecule has 0 aromatic carbocycles. The summed E-state index contributed by atoms with van der Waals surface area (Å²) < 4.78 is 22.8. The summed E-state index contributed by atoms with van der Waals surface area (Å²) in [6, 6.07) is 0. The second-order valence-electron chi connectivity index (χ2n) is 2.79. The minimum Gasteiger partial charge on any atom is -0.364 e. The second-order valence-corrected chi connectivity index (χ2v) is 4.65. The van der Waals surface area contributed by atoms with Crippen LogP contribution in [0.5, 0.6) is 0 Å². The van der Waals surface area contributed by atoms with Gasteiger partial charge in [0.2, 0.25) is 0 Å². The molecule has 3 nitrogen and oxygen atoms in total. The van der Waals surface area contributed by atoms with Crippen LogP contribution in [0.1, 0.15) is 26.7 Å². The number of hydrogen-bond donors (Lipinski definition) is 1. The summed E-state index contributed by atoms with van der Waals surface area (Å²) in [5.41, 5.74) is 0.749. The van der Waals surface area contributed by atoms with Gasteiger partial charge in [-0.3, -0.25) is 0 Å². The third kappa shape index (κ3) is 1.69. The van der Waals surface area contributed by atoms with Crippen LogP contribution < -0.4 is 5.32 Å². The van der Waals surface area contributed by atoms with Gasteiger partial charge in [-0.15, -0.1) is 0 Å². The Labute approximate surface area is 73.1 Å². The summed E-state index contributed by atoms with van der Waals surface area (Å²) in [7, 11) is -3.10. The molecule has 0 unspecified atom stereocenters. The van der Waals surface area contributed by atoms with E-state index in [1.807, 2.05) is 6.92 Å². The summed E-state index contributed by atoms with van der Waals surface area (Å²) in [4.78, 5) is 0.521. The van der Waals surface area contributed by atoms with Crippen LogP contribution >= 0.6 is 0 Å².